The van der Waals surface area contributed by atoms with Gasteiger partial charge >= 0.3 is 0 Å². The minimum Gasteiger partial charge on any atom is -0.265 e. The molecule has 0 spiro atoms. The first kappa shape index (κ1) is 13.7. The van der Waals surface area contributed by atoms with Gasteiger partial charge in [0.2, 0.25) is 0 Å². The van der Waals surface area contributed by atoms with Gasteiger partial charge in [-0.3, -0.25) is 9.97 Å². The Labute approximate surface area is 115 Å². The molecule has 1 atom stereocenters. The van der Waals surface area contributed by atoms with Crippen molar-refractivity contribution >= 4 is 0 Å². The smallest absolute Gasteiger partial charge is 0.0299 e. The Morgan fingerprint density at radius 1 is 0.947 bits per heavy atom. The highest BCUT2D eigenvalue weighted by Gasteiger charge is 2.10. The fourth-order valence-corrected chi connectivity index (χ4v) is 2.47. The van der Waals surface area contributed by atoms with Crippen LogP contribution in [-0.2, 0) is 12.8 Å². The highest BCUT2D eigenvalue weighted by atomic mass is 14.6. The Bertz CT molecular complexity index is 412. The van der Waals surface area contributed by atoms with Crippen LogP contribution in [0, 0.1) is 5.92 Å². The SMILES string of the molecule is CCCCC(Cc1ccncc1)Cc1cccnc1. The van der Waals surface area contributed by atoms with Crippen LogP contribution in [0.1, 0.15) is 37.3 Å². The van der Waals surface area contributed by atoms with Crippen molar-refractivity contribution in [3.8, 4) is 0 Å². The van der Waals surface area contributed by atoms with Crippen LogP contribution >= 0.6 is 0 Å². The van der Waals surface area contributed by atoms with Crippen LogP contribution in [0.4, 0.5) is 0 Å². The first-order valence-corrected chi connectivity index (χ1v) is 7.16. The second kappa shape index (κ2) is 7.67. The second-order valence-corrected chi connectivity index (χ2v) is 5.13. The molecule has 2 nitrogen and oxygen atoms in total. The summed E-state index contributed by atoms with van der Waals surface area (Å²) < 4.78 is 0. The summed E-state index contributed by atoms with van der Waals surface area (Å²) in [4.78, 5) is 8.30. The zero-order valence-corrected chi connectivity index (χ0v) is 11.6. The number of aromatic nitrogens is 2. The highest BCUT2D eigenvalue weighted by Crippen LogP contribution is 2.19. The van der Waals surface area contributed by atoms with E-state index in [2.05, 4.69) is 35.1 Å². The van der Waals surface area contributed by atoms with Gasteiger partial charge in [0.1, 0.15) is 0 Å². The summed E-state index contributed by atoms with van der Waals surface area (Å²) in [7, 11) is 0. The predicted octanol–water partition coefficient (Wildman–Crippen LogP) is 4.07. The standard InChI is InChI=1S/C17H22N2/c1-2-3-5-16(12-15-7-10-18-11-8-15)13-17-6-4-9-19-14-17/h4,6-11,14,16H,2-3,5,12-13H2,1H3. The van der Waals surface area contributed by atoms with Gasteiger partial charge in [-0.05, 0) is 54.5 Å². The molecule has 0 aliphatic heterocycles. The minimum atomic E-state index is 0.701. The van der Waals surface area contributed by atoms with Crippen molar-refractivity contribution in [3.63, 3.8) is 0 Å². The molecular weight excluding hydrogens is 232 g/mol. The van der Waals surface area contributed by atoms with Crippen molar-refractivity contribution in [2.45, 2.75) is 39.0 Å². The quantitative estimate of drug-likeness (QED) is 0.744. The monoisotopic (exact) mass is 254 g/mol. The fourth-order valence-electron chi connectivity index (χ4n) is 2.47. The Kier molecular flexibility index (Phi) is 5.54. The van der Waals surface area contributed by atoms with Gasteiger partial charge < -0.3 is 0 Å². The minimum absolute atomic E-state index is 0.701. The van der Waals surface area contributed by atoms with Crippen LogP contribution in [0.2, 0.25) is 0 Å². The average Bonchev–Trinajstić information content (AvgIpc) is 2.47. The van der Waals surface area contributed by atoms with E-state index < -0.39 is 0 Å². The van der Waals surface area contributed by atoms with Gasteiger partial charge in [0.25, 0.3) is 0 Å². The third kappa shape index (κ3) is 4.82. The van der Waals surface area contributed by atoms with Crippen LogP contribution in [-0.4, -0.2) is 9.97 Å². The molecule has 0 aromatic carbocycles. The number of hydrogen-bond donors (Lipinski definition) is 0. The molecular formula is C17H22N2. The lowest BCUT2D eigenvalue weighted by Gasteiger charge is -2.16. The molecule has 100 valence electrons. The van der Waals surface area contributed by atoms with Gasteiger partial charge in [-0.15, -0.1) is 0 Å². The summed E-state index contributed by atoms with van der Waals surface area (Å²) in [6, 6.07) is 8.46. The summed E-state index contributed by atoms with van der Waals surface area (Å²) in [5, 5.41) is 0. The molecule has 2 rings (SSSR count). The lowest BCUT2D eigenvalue weighted by atomic mass is 9.89. The van der Waals surface area contributed by atoms with E-state index in [1.807, 2.05) is 30.9 Å². The molecule has 0 amide bonds. The molecule has 0 aliphatic rings. The molecule has 0 saturated carbocycles. The van der Waals surface area contributed by atoms with E-state index in [9.17, 15) is 0 Å². The summed E-state index contributed by atoms with van der Waals surface area (Å²) in [6.45, 7) is 2.26. The average molecular weight is 254 g/mol. The molecule has 2 heteroatoms. The number of pyridine rings is 2. The molecule has 2 heterocycles. The van der Waals surface area contributed by atoms with Crippen LogP contribution in [0.5, 0.6) is 0 Å². The van der Waals surface area contributed by atoms with E-state index in [1.54, 1.807) is 0 Å². The third-order valence-corrected chi connectivity index (χ3v) is 3.49. The van der Waals surface area contributed by atoms with Crippen LogP contribution in [0.25, 0.3) is 0 Å². The van der Waals surface area contributed by atoms with Crippen molar-refractivity contribution in [3.05, 3.63) is 60.2 Å². The topological polar surface area (TPSA) is 25.8 Å². The van der Waals surface area contributed by atoms with Gasteiger partial charge in [-0.1, -0.05) is 25.8 Å². The highest BCUT2D eigenvalue weighted by molar-refractivity contribution is 5.13. The van der Waals surface area contributed by atoms with Crippen molar-refractivity contribution < 1.29 is 0 Å². The summed E-state index contributed by atoms with van der Waals surface area (Å²) in [6.07, 6.45) is 13.7. The molecule has 1 unspecified atom stereocenters. The van der Waals surface area contributed by atoms with Gasteiger partial charge in [-0.2, -0.15) is 0 Å². The molecule has 19 heavy (non-hydrogen) atoms. The number of nitrogens with zero attached hydrogens (tertiary/aromatic N) is 2. The number of unbranched alkanes of at least 4 members (excludes halogenated alkanes) is 1. The van der Waals surface area contributed by atoms with E-state index in [0.717, 1.165) is 12.8 Å². The molecule has 0 bridgehead atoms. The van der Waals surface area contributed by atoms with Crippen LogP contribution in [0.15, 0.2) is 49.1 Å². The Balaban J connectivity index is 1.99. The summed E-state index contributed by atoms with van der Waals surface area (Å²) >= 11 is 0. The van der Waals surface area contributed by atoms with E-state index in [-0.39, 0.29) is 0 Å². The first-order chi connectivity index (χ1) is 9.38. The normalized spacial score (nSPS) is 12.3. The van der Waals surface area contributed by atoms with Crippen molar-refractivity contribution in [1.29, 1.82) is 0 Å². The summed E-state index contributed by atoms with van der Waals surface area (Å²) in [5.41, 5.74) is 2.73. The van der Waals surface area contributed by atoms with E-state index in [1.165, 1.54) is 30.4 Å². The van der Waals surface area contributed by atoms with E-state index in [0.29, 0.717) is 5.92 Å². The third-order valence-electron chi connectivity index (χ3n) is 3.49. The molecule has 0 saturated heterocycles. The molecule has 2 aromatic rings. The maximum atomic E-state index is 4.22. The molecule has 0 fully saturated rings. The van der Waals surface area contributed by atoms with E-state index >= 15 is 0 Å². The first-order valence-electron chi connectivity index (χ1n) is 7.16. The Morgan fingerprint density at radius 3 is 2.42 bits per heavy atom. The summed E-state index contributed by atoms with van der Waals surface area (Å²) in [5.74, 6) is 0.701. The van der Waals surface area contributed by atoms with Crippen molar-refractivity contribution in [2.75, 3.05) is 0 Å². The van der Waals surface area contributed by atoms with Crippen molar-refractivity contribution in [2.24, 2.45) is 5.92 Å². The maximum Gasteiger partial charge on any atom is 0.0299 e. The van der Waals surface area contributed by atoms with Gasteiger partial charge in [-0.25, -0.2) is 0 Å². The largest absolute Gasteiger partial charge is 0.265 e. The van der Waals surface area contributed by atoms with Crippen LogP contribution in [0.3, 0.4) is 0 Å². The zero-order chi connectivity index (χ0) is 13.3. The molecule has 0 radical (unpaired) electrons. The van der Waals surface area contributed by atoms with Gasteiger partial charge in [0.15, 0.2) is 0 Å². The van der Waals surface area contributed by atoms with Crippen LogP contribution < -0.4 is 0 Å². The number of rotatable bonds is 7. The fraction of sp³-hybridized carbons (Fsp3) is 0.412. The van der Waals surface area contributed by atoms with Gasteiger partial charge in [0, 0.05) is 24.8 Å². The number of hydrogen-bond acceptors (Lipinski definition) is 2. The Morgan fingerprint density at radius 2 is 1.74 bits per heavy atom. The zero-order valence-electron chi connectivity index (χ0n) is 11.6. The molecule has 0 N–H and O–H groups in total. The van der Waals surface area contributed by atoms with Gasteiger partial charge in [0.05, 0.1) is 0 Å². The second-order valence-electron chi connectivity index (χ2n) is 5.13. The molecule has 0 aliphatic carbocycles. The molecule has 2 aromatic heterocycles. The lowest BCUT2D eigenvalue weighted by Crippen LogP contribution is -2.09. The van der Waals surface area contributed by atoms with E-state index in [4.69, 9.17) is 0 Å². The maximum absolute atomic E-state index is 4.22. The van der Waals surface area contributed by atoms with Crippen molar-refractivity contribution in [1.82, 2.24) is 9.97 Å². The lowest BCUT2D eigenvalue weighted by molar-refractivity contribution is 0.459. The predicted molar refractivity (Wildman–Crippen MR) is 78.9 cm³/mol. The Hall–Kier alpha value is -1.70.